The van der Waals surface area contributed by atoms with Gasteiger partial charge in [0.15, 0.2) is 6.10 Å². The highest BCUT2D eigenvalue weighted by Crippen LogP contribution is 2.42. The number of aliphatic hydroxyl groups is 1. The van der Waals surface area contributed by atoms with Crippen LogP contribution >= 0.6 is 0 Å². The second-order valence-electron chi connectivity index (χ2n) is 8.22. The Kier molecular flexibility index (Phi) is 6.21. The average Bonchev–Trinajstić information content (AvgIpc) is 2.79. The maximum absolute atomic E-state index is 11.2. The zero-order chi connectivity index (χ0) is 21.1. The summed E-state index contributed by atoms with van der Waals surface area (Å²) in [6.45, 7) is 0.952. The summed E-state index contributed by atoms with van der Waals surface area (Å²) >= 11 is 0. The summed E-state index contributed by atoms with van der Waals surface area (Å²) in [5.74, 6) is -0.0382. The maximum atomic E-state index is 11.2. The van der Waals surface area contributed by atoms with Crippen LogP contribution in [0.15, 0.2) is 59.7 Å². The standard InChI is InChI=1S/C25H29NO4/c1-30-19-10-8-16(9-11-19)14-23-22-7-3-6-20(21(22)12-13-26-23)17-4-2-5-18(15-17)24(27)25(28)29/h2,4-5,8-11,15,20,23-24,26-27H,3,6-7,12-14H2,1H3,(H,28,29)/t20?,23-,24+/m1/s1. The van der Waals surface area contributed by atoms with Crippen molar-refractivity contribution < 1.29 is 19.7 Å². The van der Waals surface area contributed by atoms with E-state index in [-0.39, 0.29) is 0 Å². The number of methoxy groups -OCH3 is 1. The molecular weight excluding hydrogens is 378 g/mol. The second kappa shape index (κ2) is 9.02. The number of ether oxygens (including phenoxy) is 1. The molecule has 2 aromatic rings. The van der Waals surface area contributed by atoms with Gasteiger partial charge < -0.3 is 20.3 Å². The van der Waals surface area contributed by atoms with Crippen molar-refractivity contribution in [3.05, 3.63) is 76.4 Å². The molecule has 5 nitrogen and oxygen atoms in total. The third-order valence-electron chi connectivity index (χ3n) is 6.44. The predicted octanol–water partition coefficient (Wildman–Crippen LogP) is 3.98. The number of nitrogens with one attached hydrogen (secondary N) is 1. The molecular formula is C25H29NO4. The minimum absolute atomic E-state index is 0.301. The van der Waals surface area contributed by atoms with Crippen molar-refractivity contribution in [3.63, 3.8) is 0 Å². The van der Waals surface area contributed by atoms with Gasteiger partial charge in [-0.3, -0.25) is 0 Å². The van der Waals surface area contributed by atoms with E-state index in [0.29, 0.717) is 17.5 Å². The van der Waals surface area contributed by atoms with Crippen LogP contribution in [0, 0.1) is 0 Å². The van der Waals surface area contributed by atoms with Gasteiger partial charge in [-0.15, -0.1) is 0 Å². The molecule has 3 atom stereocenters. The van der Waals surface area contributed by atoms with Gasteiger partial charge in [-0.25, -0.2) is 4.79 Å². The number of carbonyl (C=O) groups is 1. The third kappa shape index (κ3) is 4.27. The molecule has 0 saturated carbocycles. The molecule has 0 fully saturated rings. The molecule has 158 valence electrons. The molecule has 0 amide bonds. The SMILES string of the molecule is COc1ccc(C[C@H]2NCCC3=C2CCCC3c2cccc([C@H](O)C(=O)O)c2)cc1. The highest BCUT2D eigenvalue weighted by molar-refractivity contribution is 5.74. The maximum Gasteiger partial charge on any atom is 0.337 e. The van der Waals surface area contributed by atoms with Gasteiger partial charge in [0.1, 0.15) is 5.75 Å². The fraction of sp³-hybridized carbons (Fsp3) is 0.400. The van der Waals surface area contributed by atoms with E-state index in [0.717, 1.165) is 50.0 Å². The number of carboxylic acids is 1. The van der Waals surface area contributed by atoms with Gasteiger partial charge in [0.25, 0.3) is 0 Å². The number of aliphatic hydroxyl groups excluding tert-OH is 1. The minimum atomic E-state index is -1.47. The zero-order valence-electron chi connectivity index (χ0n) is 17.3. The highest BCUT2D eigenvalue weighted by Gasteiger charge is 2.31. The number of benzene rings is 2. The summed E-state index contributed by atoms with van der Waals surface area (Å²) in [5.41, 5.74) is 5.87. The molecule has 2 aliphatic rings. The number of carboxylic acid groups (broad SMARTS) is 1. The first kappa shape index (κ1) is 20.6. The monoisotopic (exact) mass is 407 g/mol. The van der Waals surface area contributed by atoms with E-state index in [4.69, 9.17) is 9.84 Å². The molecule has 5 heteroatoms. The Morgan fingerprint density at radius 1 is 1.17 bits per heavy atom. The quantitative estimate of drug-likeness (QED) is 0.631. The van der Waals surface area contributed by atoms with Crippen LogP contribution in [0.5, 0.6) is 5.75 Å². The molecule has 30 heavy (non-hydrogen) atoms. The largest absolute Gasteiger partial charge is 0.497 e. The molecule has 0 spiro atoms. The van der Waals surface area contributed by atoms with Crippen molar-refractivity contribution in [2.75, 3.05) is 13.7 Å². The van der Waals surface area contributed by atoms with E-state index >= 15 is 0 Å². The van der Waals surface area contributed by atoms with E-state index in [9.17, 15) is 9.90 Å². The van der Waals surface area contributed by atoms with E-state index in [1.807, 2.05) is 24.3 Å². The molecule has 2 aromatic carbocycles. The average molecular weight is 408 g/mol. The summed E-state index contributed by atoms with van der Waals surface area (Å²) < 4.78 is 5.27. The topological polar surface area (TPSA) is 78.8 Å². The molecule has 1 aliphatic carbocycles. The van der Waals surface area contributed by atoms with Crippen molar-refractivity contribution in [3.8, 4) is 5.75 Å². The van der Waals surface area contributed by atoms with Crippen LogP contribution in [0.2, 0.25) is 0 Å². The van der Waals surface area contributed by atoms with Crippen LogP contribution in [-0.4, -0.2) is 35.9 Å². The van der Waals surface area contributed by atoms with Crippen molar-refractivity contribution in [2.24, 2.45) is 0 Å². The van der Waals surface area contributed by atoms with E-state index in [1.165, 1.54) is 16.7 Å². The van der Waals surface area contributed by atoms with Crippen LogP contribution in [0.25, 0.3) is 0 Å². The van der Waals surface area contributed by atoms with Gasteiger partial charge in [0.05, 0.1) is 7.11 Å². The number of aliphatic carboxylic acids is 1. The van der Waals surface area contributed by atoms with Gasteiger partial charge in [-0.05, 0) is 67.5 Å². The molecule has 4 rings (SSSR count). The lowest BCUT2D eigenvalue weighted by atomic mass is 9.73. The molecule has 0 aromatic heterocycles. The Morgan fingerprint density at radius 3 is 2.70 bits per heavy atom. The summed E-state index contributed by atoms with van der Waals surface area (Å²) in [5, 5.41) is 22.8. The smallest absolute Gasteiger partial charge is 0.337 e. The number of rotatable bonds is 6. The van der Waals surface area contributed by atoms with Crippen molar-refractivity contribution in [1.29, 1.82) is 0 Å². The minimum Gasteiger partial charge on any atom is -0.497 e. The molecule has 1 unspecified atom stereocenters. The molecule has 0 saturated heterocycles. The molecule has 0 radical (unpaired) electrons. The van der Waals surface area contributed by atoms with E-state index < -0.39 is 12.1 Å². The fourth-order valence-electron chi connectivity index (χ4n) is 4.94. The summed E-state index contributed by atoms with van der Waals surface area (Å²) in [6.07, 6.45) is 3.80. The zero-order valence-corrected chi connectivity index (χ0v) is 17.3. The van der Waals surface area contributed by atoms with Crippen LogP contribution < -0.4 is 10.1 Å². The Bertz CT molecular complexity index is 934. The summed E-state index contributed by atoms with van der Waals surface area (Å²) in [4.78, 5) is 11.2. The van der Waals surface area contributed by atoms with E-state index in [2.05, 4.69) is 23.5 Å². The fourth-order valence-corrected chi connectivity index (χ4v) is 4.94. The normalized spacial score (nSPS) is 22.3. The van der Waals surface area contributed by atoms with Gasteiger partial charge in [-0.2, -0.15) is 0 Å². The van der Waals surface area contributed by atoms with Gasteiger partial charge >= 0.3 is 5.97 Å². The molecule has 0 bridgehead atoms. The third-order valence-corrected chi connectivity index (χ3v) is 6.44. The van der Waals surface area contributed by atoms with Crippen LogP contribution in [0.1, 0.15) is 54.4 Å². The molecule has 1 aliphatic heterocycles. The Balaban J connectivity index is 1.60. The van der Waals surface area contributed by atoms with Crippen molar-refractivity contribution >= 4 is 5.97 Å². The van der Waals surface area contributed by atoms with Gasteiger partial charge in [0, 0.05) is 12.0 Å². The predicted molar refractivity (Wildman–Crippen MR) is 116 cm³/mol. The number of hydrogen-bond donors (Lipinski definition) is 3. The lowest BCUT2D eigenvalue weighted by molar-refractivity contribution is -0.146. The lowest BCUT2D eigenvalue weighted by Crippen LogP contribution is -2.40. The first-order valence-electron chi connectivity index (χ1n) is 10.7. The second-order valence-corrected chi connectivity index (χ2v) is 8.22. The molecule has 3 N–H and O–H groups in total. The Hall–Kier alpha value is -2.63. The van der Waals surface area contributed by atoms with Crippen molar-refractivity contribution in [1.82, 2.24) is 5.32 Å². The van der Waals surface area contributed by atoms with Gasteiger partial charge in [0.2, 0.25) is 0 Å². The summed E-state index contributed by atoms with van der Waals surface area (Å²) in [6, 6.07) is 16.1. The lowest BCUT2D eigenvalue weighted by Gasteiger charge is -2.38. The van der Waals surface area contributed by atoms with Gasteiger partial charge in [-0.1, -0.05) is 47.5 Å². The summed E-state index contributed by atoms with van der Waals surface area (Å²) in [7, 11) is 1.68. The van der Waals surface area contributed by atoms with Crippen LogP contribution in [0.4, 0.5) is 0 Å². The number of hydrogen-bond acceptors (Lipinski definition) is 4. The van der Waals surface area contributed by atoms with E-state index in [1.54, 1.807) is 13.2 Å². The first-order chi connectivity index (χ1) is 14.6. The molecule has 1 heterocycles. The Labute approximate surface area is 177 Å². The highest BCUT2D eigenvalue weighted by atomic mass is 16.5. The Morgan fingerprint density at radius 2 is 1.97 bits per heavy atom. The van der Waals surface area contributed by atoms with Crippen molar-refractivity contribution in [2.45, 2.75) is 50.2 Å². The van der Waals surface area contributed by atoms with Crippen LogP contribution in [0.3, 0.4) is 0 Å². The first-order valence-corrected chi connectivity index (χ1v) is 10.7. The van der Waals surface area contributed by atoms with Crippen LogP contribution in [-0.2, 0) is 11.2 Å².